The minimum atomic E-state index is 0.990. The maximum Gasteiger partial charge on any atom is 0.0331 e. The molecule has 16 heavy (non-hydrogen) atoms. The second-order valence-corrected chi connectivity index (χ2v) is 5.70. The van der Waals surface area contributed by atoms with Crippen LogP contribution in [0.5, 0.6) is 0 Å². The van der Waals surface area contributed by atoms with Crippen LogP contribution in [-0.4, -0.2) is 25.0 Å². The SMILES string of the molecule is CNCc1ccc(CN2CCC=C(C)C2)s1. The van der Waals surface area contributed by atoms with Crippen molar-refractivity contribution in [3.05, 3.63) is 33.5 Å². The maximum atomic E-state index is 3.20. The van der Waals surface area contributed by atoms with Crippen LogP contribution in [-0.2, 0) is 13.1 Å². The smallest absolute Gasteiger partial charge is 0.0331 e. The topological polar surface area (TPSA) is 15.3 Å². The molecule has 0 fully saturated rings. The van der Waals surface area contributed by atoms with E-state index in [2.05, 4.69) is 35.3 Å². The molecule has 0 bridgehead atoms. The Labute approximate surface area is 102 Å². The Bertz CT molecular complexity index is 368. The van der Waals surface area contributed by atoms with Crippen molar-refractivity contribution >= 4 is 11.3 Å². The lowest BCUT2D eigenvalue weighted by molar-refractivity contribution is 0.285. The van der Waals surface area contributed by atoms with Gasteiger partial charge < -0.3 is 5.32 Å². The molecule has 0 saturated heterocycles. The highest BCUT2D eigenvalue weighted by atomic mass is 32.1. The van der Waals surface area contributed by atoms with Crippen LogP contribution >= 0.6 is 11.3 Å². The average molecular weight is 236 g/mol. The predicted octanol–water partition coefficient (Wildman–Crippen LogP) is 2.62. The largest absolute Gasteiger partial charge is 0.315 e. The van der Waals surface area contributed by atoms with E-state index in [4.69, 9.17) is 0 Å². The first kappa shape index (κ1) is 11.8. The van der Waals surface area contributed by atoms with Gasteiger partial charge in [0.2, 0.25) is 0 Å². The summed E-state index contributed by atoms with van der Waals surface area (Å²) in [5, 5.41) is 3.20. The van der Waals surface area contributed by atoms with E-state index in [1.165, 1.54) is 28.3 Å². The first-order chi connectivity index (χ1) is 7.78. The van der Waals surface area contributed by atoms with Crippen molar-refractivity contribution in [1.82, 2.24) is 10.2 Å². The van der Waals surface area contributed by atoms with Gasteiger partial charge >= 0.3 is 0 Å². The highest BCUT2D eigenvalue weighted by molar-refractivity contribution is 7.11. The molecule has 1 N–H and O–H groups in total. The van der Waals surface area contributed by atoms with Crippen molar-refractivity contribution in [3.8, 4) is 0 Å². The molecule has 0 unspecified atom stereocenters. The van der Waals surface area contributed by atoms with Gasteiger partial charge in [-0.3, -0.25) is 4.90 Å². The Morgan fingerprint density at radius 3 is 2.94 bits per heavy atom. The van der Waals surface area contributed by atoms with E-state index in [-0.39, 0.29) is 0 Å². The van der Waals surface area contributed by atoms with Crippen molar-refractivity contribution in [2.45, 2.75) is 26.4 Å². The number of nitrogens with zero attached hydrogens (tertiary/aromatic N) is 1. The molecule has 3 heteroatoms. The van der Waals surface area contributed by atoms with E-state index in [0.717, 1.165) is 19.6 Å². The Morgan fingerprint density at radius 1 is 1.38 bits per heavy atom. The molecular formula is C13H20N2S. The van der Waals surface area contributed by atoms with Crippen molar-refractivity contribution in [2.24, 2.45) is 0 Å². The third-order valence-corrected chi connectivity index (χ3v) is 3.93. The summed E-state index contributed by atoms with van der Waals surface area (Å²) in [6.07, 6.45) is 3.57. The van der Waals surface area contributed by atoms with E-state index in [1.54, 1.807) is 0 Å². The molecule has 0 aromatic carbocycles. The molecule has 1 aliphatic heterocycles. The number of thiophene rings is 1. The van der Waals surface area contributed by atoms with Gasteiger partial charge in [0.15, 0.2) is 0 Å². The monoisotopic (exact) mass is 236 g/mol. The van der Waals surface area contributed by atoms with Crippen LogP contribution in [0.4, 0.5) is 0 Å². The molecule has 0 amide bonds. The van der Waals surface area contributed by atoms with Crippen LogP contribution in [0.15, 0.2) is 23.8 Å². The quantitative estimate of drug-likeness (QED) is 0.809. The highest BCUT2D eigenvalue weighted by Gasteiger charge is 2.11. The first-order valence-electron chi connectivity index (χ1n) is 5.88. The molecule has 2 rings (SSSR count). The van der Waals surface area contributed by atoms with Gasteiger partial charge in [-0.1, -0.05) is 11.6 Å². The van der Waals surface area contributed by atoms with E-state index in [0.29, 0.717) is 0 Å². The van der Waals surface area contributed by atoms with Crippen LogP contribution in [0.2, 0.25) is 0 Å². The van der Waals surface area contributed by atoms with Crippen molar-refractivity contribution in [2.75, 3.05) is 20.1 Å². The lowest BCUT2D eigenvalue weighted by Gasteiger charge is -2.25. The fraction of sp³-hybridized carbons (Fsp3) is 0.538. The second kappa shape index (κ2) is 5.62. The molecule has 0 aliphatic carbocycles. The number of rotatable bonds is 4. The molecule has 0 saturated carbocycles. The standard InChI is InChI=1S/C13H20N2S/c1-11-4-3-7-15(9-11)10-13-6-5-12(16-13)8-14-2/h4-6,14H,3,7-10H2,1-2H3. The third-order valence-electron chi connectivity index (χ3n) is 2.86. The number of hydrogen-bond acceptors (Lipinski definition) is 3. The summed E-state index contributed by atoms with van der Waals surface area (Å²) < 4.78 is 0. The van der Waals surface area contributed by atoms with Gasteiger partial charge in [-0.05, 0) is 32.5 Å². The molecule has 1 aromatic rings. The fourth-order valence-electron chi connectivity index (χ4n) is 2.12. The van der Waals surface area contributed by atoms with Gasteiger partial charge in [-0.2, -0.15) is 0 Å². The van der Waals surface area contributed by atoms with Crippen LogP contribution in [0.3, 0.4) is 0 Å². The summed E-state index contributed by atoms with van der Waals surface area (Å²) in [5.74, 6) is 0. The average Bonchev–Trinajstić information content (AvgIpc) is 2.66. The molecule has 1 aliphatic rings. The van der Waals surface area contributed by atoms with Crippen LogP contribution in [0.25, 0.3) is 0 Å². The maximum absolute atomic E-state index is 3.20. The summed E-state index contributed by atoms with van der Waals surface area (Å²) in [4.78, 5) is 5.45. The Hall–Kier alpha value is -0.640. The molecule has 2 heterocycles. The lowest BCUT2D eigenvalue weighted by atomic mass is 10.1. The Kier molecular flexibility index (Phi) is 4.16. The van der Waals surface area contributed by atoms with Gasteiger partial charge in [-0.15, -0.1) is 11.3 Å². The molecule has 88 valence electrons. The van der Waals surface area contributed by atoms with E-state index < -0.39 is 0 Å². The van der Waals surface area contributed by atoms with Gasteiger partial charge in [0.05, 0.1) is 0 Å². The summed E-state index contributed by atoms with van der Waals surface area (Å²) in [5.41, 5.74) is 1.51. The van der Waals surface area contributed by atoms with Gasteiger partial charge in [0.25, 0.3) is 0 Å². The molecule has 0 spiro atoms. The summed E-state index contributed by atoms with van der Waals surface area (Å²) in [6, 6.07) is 4.51. The molecule has 0 atom stereocenters. The van der Waals surface area contributed by atoms with E-state index in [9.17, 15) is 0 Å². The number of hydrogen-bond donors (Lipinski definition) is 1. The van der Waals surface area contributed by atoms with Crippen molar-refractivity contribution in [3.63, 3.8) is 0 Å². The van der Waals surface area contributed by atoms with Crippen molar-refractivity contribution in [1.29, 1.82) is 0 Å². The fourth-order valence-corrected chi connectivity index (χ4v) is 3.19. The van der Waals surface area contributed by atoms with Crippen LogP contribution in [0.1, 0.15) is 23.1 Å². The summed E-state index contributed by atoms with van der Waals surface area (Å²) >= 11 is 1.93. The normalized spacial score (nSPS) is 17.5. The van der Waals surface area contributed by atoms with Gasteiger partial charge in [0, 0.05) is 35.9 Å². The van der Waals surface area contributed by atoms with Gasteiger partial charge in [-0.25, -0.2) is 0 Å². The molecule has 2 nitrogen and oxygen atoms in total. The van der Waals surface area contributed by atoms with Crippen LogP contribution in [0, 0.1) is 0 Å². The second-order valence-electron chi connectivity index (χ2n) is 4.45. The van der Waals surface area contributed by atoms with E-state index >= 15 is 0 Å². The lowest BCUT2D eigenvalue weighted by Crippen LogP contribution is -2.28. The van der Waals surface area contributed by atoms with Crippen molar-refractivity contribution < 1.29 is 0 Å². The zero-order chi connectivity index (χ0) is 11.4. The number of nitrogens with one attached hydrogen (secondary N) is 1. The zero-order valence-electron chi connectivity index (χ0n) is 10.1. The highest BCUT2D eigenvalue weighted by Crippen LogP contribution is 2.20. The third kappa shape index (κ3) is 3.17. The first-order valence-corrected chi connectivity index (χ1v) is 6.70. The summed E-state index contributed by atoms with van der Waals surface area (Å²) in [6.45, 7) is 6.67. The minimum Gasteiger partial charge on any atom is -0.315 e. The van der Waals surface area contributed by atoms with E-state index in [1.807, 2.05) is 18.4 Å². The Morgan fingerprint density at radius 2 is 2.19 bits per heavy atom. The molecule has 1 aromatic heterocycles. The zero-order valence-corrected chi connectivity index (χ0v) is 10.9. The Balaban J connectivity index is 1.91. The predicted molar refractivity (Wildman–Crippen MR) is 70.7 cm³/mol. The van der Waals surface area contributed by atoms with Crippen LogP contribution < -0.4 is 5.32 Å². The minimum absolute atomic E-state index is 0.990. The summed E-state index contributed by atoms with van der Waals surface area (Å²) in [7, 11) is 2.00. The van der Waals surface area contributed by atoms with Gasteiger partial charge in [0.1, 0.15) is 0 Å². The molecule has 0 radical (unpaired) electrons. The molecular weight excluding hydrogens is 216 g/mol.